The first kappa shape index (κ1) is 13.9. The second-order valence-electron chi connectivity index (χ2n) is 4.18. The average molecular weight is 201 g/mol. The first-order chi connectivity index (χ1) is 6.74. The van der Waals surface area contributed by atoms with E-state index in [9.17, 15) is 0 Å². The second kappa shape index (κ2) is 9.47. The van der Waals surface area contributed by atoms with Crippen LogP contribution in [0.15, 0.2) is 0 Å². The summed E-state index contributed by atoms with van der Waals surface area (Å²) in [5.74, 6) is 0.821. The molecule has 0 spiro atoms. The summed E-state index contributed by atoms with van der Waals surface area (Å²) in [5.41, 5.74) is 0. The number of rotatable bonds is 9. The molecule has 2 unspecified atom stereocenters. The lowest BCUT2D eigenvalue weighted by molar-refractivity contribution is 0.177. The summed E-state index contributed by atoms with van der Waals surface area (Å²) in [4.78, 5) is 0. The number of nitrogens with one attached hydrogen (secondary N) is 1. The topological polar surface area (TPSA) is 21.3 Å². The van der Waals surface area contributed by atoms with Gasteiger partial charge >= 0.3 is 0 Å². The van der Waals surface area contributed by atoms with Gasteiger partial charge in [0.05, 0.1) is 0 Å². The molecule has 0 bridgehead atoms. The third kappa shape index (κ3) is 7.34. The minimum Gasteiger partial charge on any atom is -0.385 e. The van der Waals surface area contributed by atoms with Crippen LogP contribution >= 0.6 is 0 Å². The van der Waals surface area contributed by atoms with Crippen LogP contribution < -0.4 is 5.32 Å². The van der Waals surface area contributed by atoms with Gasteiger partial charge < -0.3 is 10.1 Å². The van der Waals surface area contributed by atoms with Gasteiger partial charge in [0.2, 0.25) is 0 Å². The Balaban J connectivity index is 3.71. The molecule has 1 N–H and O–H groups in total. The van der Waals surface area contributed by atoms with Crippen LogP contribution in [-0.4, -0.2) is 26.3 Å². The van der Waals surface area contributed by atoms with E-state index in [1.165, 1.54) is 19.3 Å². The lowest BCUT2D eigenvalue weighted by Gasteiger charge is -2.21. The molecule has 0 saturated heterocycles. The van der Waals surface area contributed by atoms with Crippen molar-refractivity contribution in [3.8, 4) is 0 Å². The standard InChI is InChI=1S/C12H27NO/c1-5-8-13-12(7-9-14-4)10-11(3)6-2/h11-13H,5-10H2,1-4H3. The van der Waals surface area contributed by atoms with E-state index in [-0.39, 0.29) is 0 Å². The van der Waals surface area contributed by atoms with Crippen LogP contribution in [0.1, 0.15) is 46.5 Å². The SMILES string of the molecule is CCCNC(CCOC)CC(C)CC. The molecule has 2 atom stereocenters. The number of hydrogen-bond donors (Lipinski definition) is 1. The summed E-state index contributed by atoms with van der Waals surface area (Å²) in [6.07, 6.45) is 4.90. The predicted octanol–water partition coefficient (Wildman–Crippen LogP) is 2.83. The van der Waals surface area contributed by atoms with E-state index in [1.807, 2.05) is 0 Å². The van der Waals surface area contributed by atoms with Crippen LogP contribution in [-0.2, 0) is 4.74 Å². The zero-order valence-corrected chi connectivity index (χ0v) is 10.3. The molecule has 0 aliphatic heterocycles. The first-order valence-corrected chi connectivity index (χ1v) is 5.96. The zero-order valence-electron chi connectivity index (χ0n) is 10.3. The summed E-state index contributed by atoms with van der Waals surface area (Å²) < 4.78 is 5.13. The van der Waals surface area contributed by atoms with Gasteiger partial charge in [0, 0.05) is 19.8 Å². The number of ether oxygens (including phenoxy) is 1. The van der Waals surface area contributed by atoms with Crippen LogP contribution in [0.3, 0.4) is 0 Å². The smallest absolute Gasteiger partial charge is 0.0477 e. The molecule has 0 aromatic rings. The molecule has 2 nitrogen and oxygen atoms in total. The van der Waals surface area contributed by atoms with Gasteiger partial charge in [0.1, 0.15) is 0 Å². The average Bonchev–Trinajstić information content (AvgIpc) is 2.21. The molecule has 0 aromatic carbocycles. The Morgan fingerprint density at radius 2 is 2.00 bits per heavy atom. The van der Waals surface area contributed by atoms with Crippen molar-refractivity contribution in [3.63, 3.8) is 0 Å². The van der Waals surface area contributed by atoms with Crippen LogP contribution in [0.5, 0.6) is 0 Å². The summed E-state index contributed by atoms with van der Waals surface area (Å²) in [7, 11) is 1.78. The third-order valence-electron chi connectivity index (χ3n) is 2.74. The van der Waals surface area contributed by atoms with Crippen molar-refractivity contribution in [2.45, 2.75) is 52.5 Å². The molecule has 0 aliphatic carbocycles. The minimum atomic E-state index is 0.643. The maximum atomic E-state index is 5.13. The molecule has 0 amide bonds. The van der Waals surface area contributed by atoms with E-state index in [0.29, 0.717) is 6.04 Å². The van der Waals surface area contributed by atoms with E-state index in [0.717, 1.165) is 25.5 Å². The Bertz CT molecular complexity index is 109. The molecule has 0 fully saturated rings. The van der Waals surface area contributed by atoms with Crippen molar-refractivity contribution in [2.24, 2.45) is 5.92 Å². The Labute approximate surface area is 89.4 Å². The van der Waals surface area contributed by atoms with Crippen LogP contribution in [0.4, 0.5) is 0 Å². The zero-order chi connectivity index (χ0) is 10.8. The normalized spacial score (nSPS) is 15.4. The largest absolute Gasteiger partial charge is 0.385 e. The molecular weight excluding hydrogens is 174 g/mol. The highest BCUT2D eigenvalue weighted by Crippen LogP contribution is 2.12. The fourth-order valence-electron chi connectivity index (χ4n) is 1.56. The summed E-state index contributed by atoms with van der Waals surface area (Å²) in [6.45, 7) is 8.80. The lowest BCUT2D eigenvalue weighted by Crippen LogP contribution is -2.32. The van der Waals surface area contributed by atoms with Gasteiger partial charge in [0.25, 0.3) is 0 Å². The summed E-state index contributed by atoms with van der Waals surface area (Å²) >= 11 is 0. The number of methoxy groups -OCH3 is 1. The van der Waals surface area contributed by atoms with Crippen LogP contribution in [0.25, 0.3) is 0 Å². The molecule has 0 rings (SSSR count). The van der Waals surface area contributed by atoms with Gasteiger partial charge in [-0.15, -0.1) is 0 Å². The van der Waals surface area contributed by atoms with Gasteiger partial charge in [-0.05, 0) is 31.7 Å². The second-order valence-corrected chi connectivity index (χ2v) is 4.18. The molecule has 86 valence electrons. The van der Waals surface area contributed by atoms with E-state index in [2.05, 4.69) is 26.1 Å². The van der Waals surface area contributed by atoms with Crippen molar-refractivity contribution in [1.82, 2.24) is 5.32 Å². The lowest BCUT2D eigenvalue weighted by atomic mass is 9.97. The minimum absolute atomic E-state index is 0.643. The van der Waals surface area contributed by atoms with Gasteiger partial charge in [0.15, 0.2) is 0 Å². The fourth-order valence-corrected chi connectivity index (χ4v) is 1.56. The molecule has 0 aromatic heterocycles. The molecule has 0 saturated carbocycles. The maximum absolute atomic E-state index is 5.13. The predicted molar refractivity (Wildman–Crippen MR) is 62.6 cm³/mol. The number of hydrogen-bond acceptors (Lipinski definition) is 2. The molecule has 0 heterocycles. The Hall–Kier alpha value is -0.0800. The molecule has 14 heavy (non-hydrogen) atoms. The van der Waals surface area contributed by atoms with E-state index < -0.39 is 0 Å². The quantitative estimate of drug-likeness (QED) is 0.619. The fraction of sp³-hybridized carbons (Fsp3) is 1.00. The van der Waals surface area contributed by atoms with Crippen LogP contribution in [0.2, 0.25) is 0 Å². The van der Waals surface area contributed by atoms with Crippen molar-refractivity contribution in [2.75, 3.05) is 20.3 Å². The molecule has 0 aliphatic rings. The van der Waals surface area contributed by atoms with Crippen molar-refractivity contribution < 1.29 is 4.74 Å². The monoisotopic (exact) mass is 201 g/mol. The highest BCUT2D eigenvalue weighted by atomic mass is 16.5. The van der Waals surface area contributed by atoms with Crippen molar-refractivity contribution >= 4 is 0 Å². The van der Waals surface area contributed by atoms with Gasteiger partial charge in [-0.3, -0.25) is 0 Å². The Morgan fingerprint density at radius 1 is 1.29 bits per heavy atom. The summed E-state index contributed by atoms with van der Waals surface area (Å²) in [5, 5.41) is 3.59. The molecule has 2 heteroatoms. The third-order valence-corrected chi connectivity index (χ3v) is 2.74. The molecular formula is C12H27NO. The van der Waals surface area contributed by atoms with Gasteiger partial charge in [-0.2, -0.15) is 0 Å². The van der Waals surface area contributed by atoms with Crippen molar-refractivity contribution in [3.05, 3.63) is 0 Å². The first-order valence-electron chi connectivity index (χ1n) is 5.96. The van der Waals surface area contributed by atoms with E-state index in [4.69, 9.17) is 4.74 Å². The highest BCUT2D eigenvalue weighted by molar-refractivity contribution is 4.69. The van der Waals surface area contributed by atoms with E-state index >= 15 is 0 Å². The summed E-state index contributed by atoms with van der Waals surface area (Å²) in [6, 6.07) is 0.643. The van der Waals surface area contributed by atoms with E-state index in [1.54, 1.807) is 7.11 Å². The van der Waals surface area contributed by atoms with Crippen molar-refractivity contribution in [1.29, 1.82) is 0 Å². The Kier molecular flexibility index (Phi) is 9.42. The van der Waals surface area contributed by atoms with Gasteiger partial charge in [-0.1, -0.05) is 27.2 Å². The molecule has 0 radical (unpaired) electrons. The Morgan fingerprint density at radius 3 is 2.50 bits per heavy atom. The van der Waals surface area contributed by atoms with Crippen LogP contribution in [0, 0.1) is 5.92 Å². The maximum Gasteiger partial charge on any atom is 0.0477 e. The highest BCUT2D eigenvalue weighted by Gasteiger charge is 2.10. The van der Waals surface area contributed by atoms with Gasteiger partial charge in [-0.25, -0.2) is 0 Å².